The van der Waals surface area contributed by atoms with Crippen molar-refractivity contribution in [3.63, 3.8) is 0 Å². The van der Waals surface area contributed by atoms with E-state index in [1.165, 1.54) is 0 Å². The number of nitrogens with zero attached hydrogens (tertiary/aromatic N) is 2. The van der Waals surface area contributed by atoms with Crippen molar-refractivity contribution >= 4 is 46.7 Å². The van der Waals surface area contributed by atoms with Crippen LogP contribution in [0.2, 0.25) is 5.02 Å². The smallest absolute Gasteiger partial charge is 0.410 e. The van der Waals surface area contributed by atoms with Gasteiger partial charge in [0.05, 0.1) is 5.69 Å². The number of thiocarbonyl (C=S) groups is 1. The van der Waals surface area contributed by atoms with Gasteiger partial charge in [0.15, 0.2) is 0 Å². The molecule has 0 fully saturated rings. The molecule has 1 aliphatic heterocycles. The molecule has 4 rings (SSSR count). The summed E-state index contributed by atoms with van der Waals surface area (Å²) < 4.78 is 17.4. The number of carbonyl (C=O) groups is 2. The van der Waals surface area contributed by atoms with Crippen LogP contribution < -0.4 is 10.1 Å². The molecule has 0 aromatic heterocycles. The Morgan fingerprint density at radius 2 is 1.24 bits per heavy atom. The highest BCUT2D eigenvalue weighted by atomic mass is 35.5. The molecule has 1 unspecified atom stereocenters. The van der Waals surface area contributed by atoms with Gasteiger partial charge in [-0.15, -0.1) is 0 Å². The minimum atomic E-state index is -0.668. The molecule has 1 atom stereocenters. The number of hydrogen-bond donors (Lipinski definition) is 1. The van der Waals surface area contributed by atoms with E-state index >= 15 is 0 Å². The molecule has 45 heavy (non-hydrogen) atoms. The lowest BCUT2D eigenvalue weighted by Crippen LogP contribution is -2.36. The summed E-state index contributed by atoms with van der Waals surface area (Å²) in [5.74, 6) is 0.712. The molecule has 0 spiro atoms. The van der Waals surface area contributed by atoms with Gasteiger partial charge in [0.1, 0.15) is 28.0 Å². The lowest BCUT2D eigenvalue weighted by molar-refractivity contribution is 0.0210. The van der Waals surface area contributed by atoms with E-state index in [9.17, 15) is 9.59 Å². The molecular formula is C35H42ClN3O5S. The van der Waals surface area contributed by atoms with Crippen LogP contribution >= 0.6 is 23.8 Å². The summed E-state index contributed by atoms with van der Waals surface area (Å²) in [5.41, 5.74) is 3.01. The number of carbonyl (C=O) groups excluding carboxylic acids is 2. The molecule has 0 radical (unpaired) electrons. The highest BCUT2D eigenvalue weighted by molar-refractivity contribution is 7.80. The van der Waals surface area contributed by atoms with Gasteiger partial charge < -0.3 is 19.5 Å². The number of hydrogen-bond acceptors (Lipinski definition) is 6. The molecular weight excluding hydrogens is 610 g/mol. The Morgan fingerprint density at radius 3 is 1.73 bits per heavy atom. The van der Waals surface area contributed by atoms with Gasteiger partial charge in [-0.1, -0.05) is 66.3 Å². The third kappa shape index (κ3) is 10.4. The largest absolute Gasteiger partial charge is 0.481 e. The van der Waals surface area contributed by atoms with E-state index in [-0.39, 0.29) is 6.10 Å². The van der Waals surface area contributed by atoms with Gasteiger partial charge in [0.25, 0.3) is 0 Å². The highest BCUT2D eigenvalue weighted by Crippen LogP contribution is 2.31. The van der Waals surface area contributed by atoms with Crippen molar-refractivity contribution in [2.75, 3.05) is 5.32 Å². The Hall–Kier alpha value is -3.82. The van der Waals surface area contributed by atoms with Crippen molar-refractivity contribution < 1.29 is 23.8 Å². The summed E-state index contributed by atoms with van der Waals surface area (Å²) in [6.45, 7) is 14.2. The number of benzene rings is 3. The predicted molar refractivity (Wildman–Crippen MR) is 182 cm³/mol. The van der Waals surface area contributed by atoms with Crippen LogP contribution in [0.25, 0.3) is 0 Å². The van der Waals surface area contributed by atoms with E-state index < -0.39 is 23.4 Å². The van der Waals surface area contributed by atoms with Gasteiger partial charge in [-0.2, -0.15) is 0 Å². The van der Waals surface area contributed by atoms with Crippen molar-refractivity contribution in [1.29, 1.82) is 0 Å². The van der Waals surface area contributed by atoms with Crippen molar-refractivity contribution in [3.05, 3.63) is 94.0 Å². The van der Waals surface area contributed by atoms with Crippen LogP contribution in [0.15, 0.2) is 66.7 Å². The molecule has 8 nitrogen and oxygen atoms in total. The maximum absolute atomic E-state index is 13.4. The number of rotatable bonds is 8. The molecule has 0 saturated carbocycles. The Balaban J connectivity index is 1.57. The number of amides is 2. The summed E-state index contributed by atoms with van der Waals surface area (Å²) in [6.07, 6.45) is -1.07. The third-order valence-electron chi connectivity index (χ3n) is 6.65. The lowest BCUT2D eigenvalue weighted by atomic mass is 10.1. The molecule has 0 aliphatic carbocycles. The molecule has 10 heteroatoms. The first-order chi connectivity index (χ1) is 21.0. The SMILES string of the molecule is CC1Oc2ccc(CN(Cc3cccc(CN(Cc4cccc(Cl)c4)C(=O)OC(C)(C)C)c3)C(=O)OC(C)(C)C)cc2NC1=S. The van der Waals surface area contributed by atoms with Gasteiger partial charge in [-0.3, -0.25) is 9.80 Å². The summed E-state index contributed by atoms with van der Waals surface area (Å²) in [4.78, 5) is 30.6. The summed E-state index contributed by atoms with van der Waals surface area (Å²) in [7, 11) is 0. The Bertz CT molecular complexity index is 1550. The van der Waals surface area contributed by atoms with E-state index in [4.69, 9.17) is 38.0 Å². The minimum Gasteiger partial charge on any atom is -0.481 e. The maximum atomic E-state index is 13.4. The fourth-order valence-electron chi connectivity index (χ4n) is 4.72. The zero-order chi connectivity index (χ0) is 32.9. The second-order valence-electron chi connectivity index (χ2n) is 13.2. The summed E-state index contributed by atoms with van der Waals surface area (Å²) in [6, 6.07) is 21.0. The molecule has 0 bridgehead atoms. The molecule has 0 saturated heterocycles. The van der Waals surface area contributed by atoms with E-state index in [1.807, 2.05) is 109 Å². The topological polar surface area (TPSA) is 80.3 Å². The molecule has 1 N–H and O–H groups in total. The van der Waals surface area contributed by atoms with Crippen LogP contribution in [0.1, 0.15) is 70.7 Å². The molecule has 3 aromatic rings. The first-order valence-electron chi connectivity index (χ1n) is 14.9. The molecule has 240 valence electrons. The Kier molecular flexibility index (Phi) is 10.7. The second kappa shape index (κ2) is 14.1. The van der Waals surface area contributed by atoms with Gasteiger partial charge in [-0.05, 0) is 95.0 Å². The Morgan fingerprint density at radius 1 is 0.778 bits per heavy atom. The monoisotopic (exact) mass is 651 g/mol. The molecule has 1 aliphatic rings. The molecule has 1 heterocycles. The molecule has 2 amide bonds. The van der Waals surface area contributed by atoms with Crippen molar-refractivity contribution in [1.82, 2.24) is 9.80 Å². The second-order valence-corrected chi connectivity index (χ2v) is 14.1. The van der Waals surface area contributed by atoms with E-state index in [1.54, 1.807) is 15.9 Å². The number of fused-ring (bicyclic) bond motifs is 1. The van der Waals surface area contributed by atoms with Crippen LogP contribution in [0.4, 0.5) is 15.3 Å². The normalized spacial score (nSPS) is 14.5. The van der Waals surface area contributed by atoms with Crippen LogP contribution in [0, 0.1) is 0 Å². The summed E-state index contributed by atoms with van der Waals surface area (Å²) >= 11 is 11.6. The maximum Gasteiger partial charge on any atom is 0.410 e. The first kappa shape index (κ1) is 34.1. The van der Waals surface area contributed by atoms with Crippen LogP contribution in [0.5, 0.6) is 5.75 Å². The number of ether oxygens (including phenoxy) is 3. The van der Waals surface area contributed by atoms with Gasteiger partial charge in [-0.25, -0.2) is 9.59 Å². The fraction of sp³-hybridized carbons (Fsp3) is 0.400. The number of nitrogens with one attached hydrogen (secondary N) is 1. The quantitative estimate of drug-likeness (QED) is 0.244. The van der Waals surface area contributed by atoms with Crippen molar-refractivity contribution in [2.24, 2.45) is 0 Å². The van der Waals surface area contributed by atoms with Crippen LogP contribution in [0.3, 0.4) is 0 Å². The van der Waals surface area contributed by atoms with Crippen LogP contribution in [-0.2, 0) is 35.7 Å². The van der Waals surface area contributed by atoms with Gasteiger partial charge in [0.2, 0.25) is 0 Å². The van der Waals surface area contributed by atoms with Gasteiger partial charge >= 0.3 is 12.2 Å². The zero-order valence-electron chi connectivity index (χ0n) is 27.0. The predicted octanol–water partition coefficient (Wildman–Crippen LogP) is 8.73. The number of halogens is 1. The van der Waals surface area contributed by atoms with E-state index in [0.29, 0.717) is 41.9 Å². The van der Waals surface area contributed by atoms with Crippen molar-refractivity contribution in [2.45, 2.75) is 92.0 Å². The standard InChI is InChI=1S/C35H42ClN3O5S/c1-23-31(45)37-29-18-27(14-15-30(29)42-23)22-39(33(41)44-35(5,6)7)20-25-11-8-10-24(16-25)19-38(32(40)43-34(2,3)4)21-26-12-9-13-28(36)17-26/h8-18,23H,19-22H2,1-7H3,(H,37,45). The minimum absolute atomic E-state index is 0.208. The highest BCUT2D eigenvalue weighted by Gasteiger charge is 2.26. The fourth-order valence-corrected chi connectivity index (χ4v) is 5.09. The number of anilines is 1. The lowest BCUT2D eigenvalue weighted by Gasteiger charge is -2.29. The summed E-state index contributed by atoms with van der Waals surface area (Å²) in [5, 5.41) is 3.83. The average molecular weight is 652 g/mol. The zero-order valence-corrected chi connectivity index (χ0v) is 28.6. The van der Waals surface area contributed by atoms with E-state index in [0.717, 1.165) is 27.9 Å². The van der Waals surface area contributed by atoms with Gasteiger partial charge in [0, 0.05) is 31.2 Å². The van der Waals surface area contributed by atoms with Crippen LogP contribution in [-0.4, -0.2) is 44.3 Å². The van der Waals surface area contributed by atoms with E-state index in [2.05, 4.69) is 5.32 Å². The molecule has 3 aromatic carbocycles. The first-order valence-corrected chi connectivity index (χ1v) is 15.7. The average Bonchev–Trinajstić information content (AvgIpc) is 2.91. The Labute approximate surface area is 276 Å². The third-order valence-corrected chi connectivity index (χ3v) is 7.32. The van der Waals surface area contributed by atoms with Crippen molar-refractivity contribution in [3.8, 4) is 5.75 Å².